The zero-order chi connectivity index (χ0) is 20.2. The summed E-state index contributed by atoms with van der Waals surface area (Å²) in [6.45, 7) is 5.18. The Bertz CT molecular complexity index is 841. The van der Waals surface area contributed by atoms with E-state index in [0.29, 0.717) is 16.8 Å². The van der Waals surface area contributed by atoms with Gasteiger partial charge < -0.3 is 15.0 Å². The number of hydrogen-bond donors (Lipinski definition) is 2. The van der Waals surface area contributed by atoms with Gasteiger partial charge in [0.1, 0.15) is 5.69 Å². The molecule has 2 rings (SSSR count). The zero-order valence-corrected chi connectivity index (χ0v) is 15.3. The van der Waals surface area contributed by atoms with E-state index in [4.69, 9.17) is 4.74 Å². The molecule has 0 aliphatic carbocycles. The molecule has 1 aromatic heterocycles. The lowest BCUT2D eigenvalue weighted by molar-refractivity contribution is -0.138. The summed E-state index contributed by atoms with van der Waals surface area (Å²) >= 11 is 0. The Morgan fingerprint density at radius 3 is 2.48 bits per heavy atom. The van der Waals surface area contributed by atoms with Crippen LogP contribution in [0.4, 0.5) is 13.2 Å². The average Bonchev–Trinajstić information content (AvgIpc) is 2.89. The minimum absolute atomic E-state index is 0.0260. The topological polar surface area (TPSA) is 71.2 Å². The number of carbonyl (C=O) groups is 2. The van der Waals surface area contributed by atoms with E-state index in [2.05, 4.69) is 10.3 Å². The van der Waals surface area contributed by atoms with E-state index in [1.54, 1.807) is 20.8 Å². The van der Waals surface area contributed by atoms with E-state index >= 15 is 0 Å². The molecule has 0 aliphatic heterocycles. The molecule has 1 aromatic carbocycles. The van der Waals surface area contributed by atoms with Gasteiger partial charge in [-0.15, -0.1) is 0 Å². The van der Waals surface area contributed by atoms with Crippen LogP contribution >= 0.6 is 0 Å². The van der Waals surface area contributed by atoms with Crippen LogP contribution in [0.5, 0.6) is 0 Å². The third-order valence-electron chi connectivity index (χ3n) is 4.15. The van der Waals surface area contributed by atoms with Crippen molar-refractivity contribution in [2.75, 3.05) is 13.2 Å². The molecular formula is C19H21F3N2O3. The van der Waals surface area contributed by atoms with Crippen LogP contribution in [-0.2, 0) is 17.3 Å². The Morgan fingerprint density at radius 1 is 1.19 bits per heavy atom. The lowest BCUT2D eigenvalue weighted by atomic mass is 10.0. The molecule has 8 heteroatoms. The maximum Gasteiger partial charge on any atom is 0.416 e. The molecule has 1 heterocycles. The third kappa shape index (κ3) is 4.69. The predicted molar refractivity (Wildman–Crippen MR) is 93.7 cm³/mol. The van der Waals surface area contributed by atoms with Gasteiger partial charge in [-0.1, -0.05) is 18.2 Å². The fraction of sp³-hybridized carbons (Fsp3) is 0.368. The molecule has 5 nitrogen and oxygen atoms in total. The van der Waals surface area contributed by atoms with Crippen molar-refractivity contribution in [3.05, 3.63) is 57.9 Å². The van der Waals surface area contributed by atoms with Crippen molar-refractivity contribution in [1.82, 2.24) is 10.3 Å². The summed E-state index contributed by atoms with van der Waals surface area (Å²) in [5.74, 6) is -1.02. The van der Waals surface area contributed by atoms with Gasteiger partial charge in [-0.25, -0.2) is 4.79 Å². The molecule has 0 unspecified atom stereocenters. The van der Waals surface area contributed by atoms with Crippen LogP contribution in [0.15, 0.2) is 24.3 Å². The van der Waals surface area contributed by atoms with Crippen LogP contribution < -0.4 is 5.32 Å². The number of H-pyrrole nitrogens is 1. The zero-order valence-electron chi connectivity index (χ0n) is 15.3. The highest BCUT2D eigenvalue weighted by molar-refractivity contribution is 6.00. The monoisotopic (exact) mass is 382 g/mol. The maximum atomic E-state index is 13.0. The summed E-state index contributed by atoms with van der Waals surface area (Å²) in [7, 11) is 0. The molecule has 146 valence electrons. The molecule has 0 saturated carbocycles. The normalized spacial score (nSPS) is 11.3. The molecule has 0 radical (unpaired) electrons. The number of halogens is 3. The van der Waals surface area contributed by atoms with Crippen molar-refractivity contribution in [3.63, 3.8) is 0 Å². The summed E-state index contributed by atoms with van der Waals surface area (Å²) in [4.78, 5) is 27.2. The first-order valence-electron chi connectivity index (χ1n) is 8.46. The third-order valence-corrected chi connectivity index (χ3v) is 4.15. The average molecular weight is 382 g/mol. The first-order valence-corrected chi connectivity index (χ1v) is 8.46. The number of aryl methyl sites for hydroxylation is 1. The van der Waals surface area contributed by atoms with Crippen molar-refractivity contribution in [2.24, 2.45) is 0 Å². The van der Waals surface area contributed by atoms with Crippen LogP contribution in [0.2, 0.25) is 0 Å². The first-order chi connectivity index (χ1) is 12.7. The summed E-state index contributed by atoms with van der Waals surface area (Å²) in [5.41, 5.74) is 0.828. The lowest BCUT2D eigenvalue weighted by Crippen LogP contribution is -2.27. The van der Waals surface area contributed by atoms with Gasteiger partial charge in [0.2, 0.25) is 0 Å². The number of nitrogens with one attached hydrogen (secondary N) is 2. The predicted octanol–water partition coefficient (Wildman–Crippen LogP) is 3.80. The number of aromatic amines is 1. The Labute approximate surface area is 154 Å². The van der Waals surface area contributed by atoms with Crippen molar-refractivity contribution in [2.45, 2.75) is 33.4 Å². The number of esters is 1. The maximum absolute atomic E-state index is 13.0. The van der Waals surface area contributed by atoms with Crippen molar-refractivity contribution in [3.8, 4) is 0 Å². The second-order valence-electron chi connectivity index (χ2n) is 6.01. The second kappa shape index (κ2) is 8.28. The molecule has 2 aromatic rings. The van der Waals surface area contributed by atoms with Gasteiger partial charge in [-0.3, -0.25) is 4.79 Å². The molecule has 2 N–H and O–H groups in total. The van der Waals surface area contributed by atoms with Crippen LogP contribution in [0.1, 0.15) is 50.2 Å². The number of alkyl halides is 3. The van der Waals surface area contributed by atoms with E-state index in [-0.39, 0.29) is 30.8 Å². The highest BCUT2D eigenvalue weighted by Gasteiger charge is 2.32. The number of carbonyl (C=O) groups excluding carboxylic acids is 2. The van der Waals surface area contributed by atoms with Crippen LogP contribution in [0, 0.1) is 13.8 Å². The largest absolute Gasteiger partial charge is 0.462 e. The minimum atomic E-state index is -4.44. The molecule has 0 saturated heterocycles. The van der Waals surface area contributed by atoms with Gasteiger partial charge in [0.05, 0.1) is 17.7 Å². The summed E-state index contributed by atoms with van der Waals surface area (Å²) < 4.78 is 44.0. The van der Waals surface area contributed by atoms with Gasteiger partial charge in [-0.05, 0) is 44.4 Å². The van der Waals surface area contributed by atoms with Gasteiger partial charge >= 0.3 is 12.1 Å². The van der Waals surface area contributed by atoms with E-state index in [0.717, 1.165) is 6.07 Å². The number of benzene rings is 1. The van der Waals surface area contributed by atoms with Gasteiger partial charge in [0.25, 0.3) is 5.91 Å². The Morgan fingerprint density at radius 2 is 1.85 bits per heavy atom. The summed E-state index contributed by atoms with van der Waals surface area (Å²) in [6, 6.07) is 5.25. The van der Waals surface area contributed by atoms with Gasteiger partial charge in [-0.2, -0.15) is 13.2 Å². The second-order valence-corrected chi connectivity index (χ2v) is 6.01. The minimum Gasteiger partial charge on any atom is -0.462 e. The Balaban J connectivity index is 2.08. The molecular weight excluding hydrogens is 361 g/mol. The molecule has 27 heavy (non-hydrogen) atoms. The molecule has 0 bridgehead atoms. The van der Waals surface area contributed by atoms with E-state index in [1.807, 2.05) is 0 Å². The summed E-state index contributed by atoms with van der Waals surface area (Å²) in [6.07, 6.45) is -4.41. The molecule has 0 atom stereocenters. The number of hydrogen-bond acceptors (Lipinski definition) is 3. The number of aromatic nitrogens is 1. The quantitative estimate of drug-likeness (QED) is 0.747. The van der Waals surface area contributed by atoms with Crippen molar-refractivity contribution < 1.29 is 27.5 Å². The SMILES string of the molecule is CCOC(=O)c1c(C)[nH]c(C(=O)NCCc2ccccc2C(F)(F)F)c1C. The van der Waals surface area contributed by atoms with Gasteiger partial charge in [0.15, 0.2) is 0 Å². The van der Waals surface area contributed by atoms with E-state index in [1.165, 1.54) is 18.2 Å². The smallest absolute Gasteiger partial charge is 0.416 e. The fourth-order valence-corrected chi connectivity index (χ4v) is 2.90. The Hall–Kier alpha value is -2.77. The standard InChI is InChI=1S/C19H21F3N2O3/c1-4-27-18(26)15-11(2)16(24-12(15)3)17(25)23-10-9-13-7-5-6-8-14(13)19(20,21)22/h5-8,24H,4,9-10H2,1-3H3,(H,23,25). The highest BCUT2D eigenvalue weighted by Crippen LogP contribution is 2.31. The lowest BCUT2D eigenvalue weighted by Gasteiger charge is -2.12. The van der Waals surface area contributed by atoms with Crippen molar-refractivity contribution in [1.29, 1.82) is 0 Å². The number of amides is 1. The number of ether oxygens (including phenoxy) is 1. The van der Waals surface area contributed by atoms with Crippen LogP contribution in [0.25, 0.3) is 0 Å². The molecule has 1 amide bonds. The Kier molecular flexibility index (Phi) is 6.30. The fourth-order valence-electron chi connectivity index (χ4n) is 2.90. The molecule has 0 spiro atoms. The highest BCUT2D eigenvalue weighted by atomic mass is 19.4. The van der Waals surface area contributed by atoms with Crippen LogP contribution in [-0.4, -0.2) is 30.0 Å². The van der Waals surface area contributed by atoms with Crippen molar-refractivity contribution >= 4 is 11.9 Å². The van der Waals surface area contributed by atoms with Gasteiger partial charge in [0, 0.05) is 12.2 Å². The summed E-state index contributed by atoms with van der Waals surface area (Å²) in [5, 5.41) is 2.59. The van der Waals surface area contributed by atoms with Crippen LogP contribution in [0.3, 0.4) is 0 Å². The number of rotatable bonds is 6. The van der Waals surface area contributed by atoms with E-state index < -0.39 is 23.6 Å². The first kappa shape index (κ1) is 20.5. The van der Waals surface area contributed by atoms with E-state index in [9.17, 15) is 22.8 Å². The molecule has 0 aliphatic rings. The molecule has 0 fully saturated rings.